The van der Waals surface area contributed by atoms with Gasteiger partial charge in [-0.15, -0.1) is 0 Å². The van der Waals surface area contributed by atoms with Gasteiger partial charge in [0.1, 0.15) is 5.82 Å². The Labute approximate surface area is 81.3 Å². The first-order valence-electron chi connectivity index (χ1n) is 4.13. The predicted octanol–water partition coefficient (Wildman–Crippen LogP) is 0.536. The summed E-state index contributed by atoms with van der Waals surface area (Å²) in [5.41, 5.74) is 3.09. The van der Waals surface area contributed by atoms with Crippen LogP contribution in [0.15, 0.2) is 18.2 Å². The maximum Gasteiger partial charge on any atom is 0.253 e. The van der Waals surface area contributed by atoms with E-state index in [1.54, 1.807) is 19.1 Å². The van der Waals surface area contributed by atoms with E-state index in [1.807, 2.05) is 5.43 Å². The fourth-order valence-electron chi connectivity index (χ4n) is 0.936. The fraction of sp³-hybridized carbons (Fsp3) is 0.222. The molecule has 0 atom stereocenters. The van der Waals surface area contributed by atoms with Crippen molar-refractivity contribution in [2.24, 2.45) is 5.84 Å². The van der Waals surface area contributed by atoms with Crippen LogP contribution < -0.4 is 16.6 Å². The second kappa shape index (κ2) is 4.57. The van der Waals surface area contributed by atoms with Gasteiger partial charge in [0.15, 0.2) is 0 Å². The Morgan fingerprint density at radius 1 is 1.57 bits per heavy atom. The van der Waals surface area contributed by atoms with Crippen LogP contribution >= 0.6 is 0 Å². The molecule has 0 aliphatic heterocycles. The van der Waals surface area contributed by atoms with Crippen LogP contribution in [0.2, 0.25) is 0 Å². The first-order valence-corrected chi connectivity index (χ1v) is 4.13. The fourth-order valence-corrected chi connectivity index (χ4v) is 0.936. The Morgan fingerprint density at radius 2 is 2.29 bits per heavy atom. The van der Waals surface area contributed by atoms with Crippen LogP contribution in [-0.2, 0) is 4.79 Å². The first kappa shape index (κ1) is 10.5. The molecule has 5 heteroatoms. The van der Waals surface area contributed by atoms with Crippen molar-refractivity contribution in [2.45, 2.75) is 6.92 Å². The molecule has 0 aliphatic carbocycles. The van der Waals surface area contributed by atoms with E-state index in [-0.39, 0.29) is 18.3 Å². The van der Waals surface area contributed by atoms with E-state index in [9.17, 15) is 9.18 Å². The Balaban J connectivity index is 2.60. The Bertz CT molecular complexity index is 341. The highest BCUT2D eigenvalue weighted by molar-refractivity contribution is 5.80. The molecule has 0 heterocycles. The number of nitrogens with two attached hydrogens (primary N) is 1. The van der Waals surface area contributed by atoms with E-state index in [0.717, 1.165) is 0 Å². The number of nitrogens with one attached hydrogen (secondary N) is 2. The molecule has 1 amide bonds. The molecule has 0 aromatic heterocycles. The summed E-state index contributed by atoms with van der Waals surface area (Å²) in [6.07, 6.45) is 0. The third-order valence-corrected chi connectivity index (χ3v) is 1.79. The molecule has 1 aromatic rings. The number of amides is 1. The largest absolute Gasteiger partial charge is 0.376 e. The second-order valence-electron chi connectivity index (χ2n) is 2.89. The summed E-state index contributed by atoms with van der Waals surface area (Å²) in [5, 5.41) is 2.73. The summed E-state index contributed by atoms with van der Waals surface area (Å²) in [6.45, 7) is 1.70. The maximum atomic E-state index is 13.0. The molecule has 4 nitrogen and oxygen atoms in total. The predicted molar refractivity (Wildman–Crippen MR) is 52.0 cm³/mol. The molecule has 0 spiro atoms. The molecular weight excluding hydrogens is 185 g/mol. The minimum atomic E-state index is -0.356. The number of carbonyl (C=O) groups is 1. The highest BCUT2D eigenvalue weighted by Crippen LogP contribution is 2.12. The molecule has 0 fully saturated rings. The van der Waals surface area contributed by atoms with Gasteiger partial charge in [0.25, 0.3) is 5.91 Å². The summed E-state index contributed by atoms with van der Waals surface area (Å²) in [4.78, 5) is 10.7. The van der Waals surface area contributed by atoms with E-state index < -0.39 is 0 Å². The molecule has 14 heavy (non-hydrogen) atoms. The van der Waals surface area contributed by atoms with Crippen molar-refractivity contribution < 1.29 is 9.18 Å². The second-order valence-corrected chi connectivity index (χ2v) is 2.89. The van der Waals surface area contributed by atoms with Crippen molar-refractivity contribution in [3.05, 3.63) is 29.6 Å². The summed E-state index contributed by atoms with van der Waals surface area (Å²) < 4.78 is 13.0. The number of hydrazine groups is 1. The quantitative estimate of drug-likeness (QED) is 0.376. The number of aryl methyl sites for hydroxylation is 1. The molecule has 1 aromatic carbocycles. The minimum absolute atomic E-state index is 0.0268. The van der Waals surface area contributed by atoms with E-state index in [4.69, 9.17) is 5.84 Å². The number of hydrogen-bond acceptors (Lipinski definition) is 3. The van der Waals surface area contributed by atoms with Crippen molar-refractivity contribution in [1.29, 1.82) is 0 Å². The zero-order chi connectivity index (χ0) is 10.6. The molecule has 0 unspecified atom stereocenters. The van der Waals surface area contributed by atoms with Gasteiger partial charge in [-0.3, -0.25) is 10.2 Å². The molecule has 0 saturated heterocycles. The number of benzene rings is 1. The van der Waals surface area contributed by atoms with Gasteiger partial charge in [-0.05, 0) is 24.6 Å². The van der Waals surface area contributed by atoms with Gasteiger partial charge < -0.3 is 5.32 Å². The van der Waals surface area contributed by atoms with Crippen LogP contribution in [0.4, 0.5) is 10.1 Å². The van der Waals surface area contributed by atoms with Gasteiger partial charge in [0.05, 0.1) is 6.54 Å². The molecule has 0 saturated carbocycles. The first-order chi connectivity index (χ1) is 6.63. The third-order valence-electron chi connectivity index (χ3n) is 1.79. The maximum absolute atomic E-state index is 13.0. The van der Waals surface area contributed by atoms with Crippen LogP contribution in [0.25, 0.3) is 0 Å². The lowest BCUT2D eigenvalue weighted by atomic mass is 10.2. The minimum Gasteiger partial charge on any atom is -0.376 e. The Kier molecular flexibility index (Phi) is 3.41. The Morgan fingerprint density at radius 3 is 2.86 bits per heavy atom. The van der Waals surface area contributed by atoms with Gasteiger partial charge in [0, 0.05) is 5.69 Å². The summed E-state index contributed by atoms with van der Waals surface area (Å²) in [6, 6.07) is 4.67. The number of hydrogen-bond donors (Lipinski definition) is 3. The summed E-state index contributed by atoms with van der Waals surface area (Å²) in [5.74, 6) is 4.22. The number of rotatable bonds is 3. The summed E-state index contributed by atoms with van der Waals surface area (Å²) in [7, 11) is 0. The number of anilines is 1. The zero-order valence-electron chi connectivity index (χ0n) is 7.80. The van der Waals surface area contributed by atoms with Gasteiger partial charge in [-0.25, -0.2) is 10.2 Å². The number of halogens is 1. The topological polar surface area (TPSA) is 67.2 Å². The van der Waals surface area contributed by atoms with Crippen molar-refractivity contribution in [3.8, 4) is 0 Å². The molecule has 1 rings (SSSR count). The van der Waals surface area contributed by atoms with Gasteiger partial charge in [-0.2, -0.15) is 0 Å². The molecule has 0 aliphatic rings. The third kappa shape index (κ3) is 2.70. The lowest BCUT2D eigenvalue weighted by Gasteiger charge is -2.05. The van der Waals surface area contributed by atoms with Crippen molar-refractivity contribution in [3.63, 3.8) is 0 Å². The summed E-state index contributed by atoms with van der Waals surface area (Å²) >= 11 is 0. The van der Waals surface area contributed by atoms with Crippen LogP contribution in [0.3, 0.4) is 0 Å². The van der Waals surface area contributed by atoms with Crippen LogP contribution in [0.5, 0.6) is 0 Å². The molecular formula is C9H12FN3O. The standard InChI is InChI=1S/C9H12FN3O/c1-6-2-3-7(4-8(6)10)12-5-9(14)13-11/h2-4,12H,5,11H2,1H3,(H,13,14). The van der Waals surface area contributed by atoms with Gasteiger partial charge in [-0.1, -0.05) is 6.07 Å². The van der Waals surface area contributed by atoms with E-state index in [0.29, 0.717) is 11.3 Å². The van der Waals surface area contributed by atoms with Crippen molar-refractivity contribution in [1.82, 2.24) is 5.43 Å². The van der Waals surface area contributed by atoms with E-state index in [2.05, 4.69) is 5.32 Å². The average molecular weight is 197 g/mol. The smallest absolute Gasteiger partial charge is 0.253 e. The van der Waals surface area contributed by atoms with Crippen LogP contribution in [0, 0.1) is 12.7 Å². The molecule has 0 radical (unpaired) electrons. The van der Waals surface area contributed by atoms with Gasteiger partial charge >= 0.3 is 0 Å². The SMILES string of the molecule is Cc1ccc(NCC(=O)NN)cc1F. The average Bonchev–Trinajstić information content (AvgIpc) is 2.19. The zero-order valence-corrected chi connectivity index (χ0v) is 7.80. The molecule has 4 N–H and O–H groups in total. The Hall–Kier alpha value is -1.62. The lowest BCUT2D eigenvalue weighted by Crippen LogP contribution is -2.35. The van der Waals surface area contributed by atoms with Crippen molar-refractivity contribution >= 4 is 11.6 Å². The molecule has 0 bridgehead atoms. The van der Waals surface area contributed by atoms with Gasteiger partial charge in [0.2, 0.25) is 0 Å². The van der Waals surface area contributed by atoms with Crippen molar-refractivity contribution in [2.75, 3.05) is 11.9 Å². The lowest BCUT2D eigenvalue weighted by molar-refractivity contribution is -0.119. The highest BCUT2D eigenvalue weighted by atomic mass is 19.1. The van der Waals surface area contributed by atoms with Crippen LogP contribution in [-0.4, -0.2) is 12.5 Å². The number of carbonyl (C=O) groups excluding carboxylic acids is 1. The van der Waals surface area contributed by atoms with Crippen LogP contribution in [0.1, 0.15) is 5.56 Å². The van der Waals surface area contributed by atoms with E-state index >= 15 is 0 Å². The highest BCUT2D eigenvalue weighted by Gasteiger charge is 2.00. The monoisotopic (exact) mass is 197 g/mol. The van der Waals surface area contributed by atoms with E-state index in [1.165, 1.54) is 6.07 Å². The molecule has 76 valence electrons. The normalized spacial score (nSPS) is 9.64.